The first-order valence-corrected chi connectivity index (χ1v) is 11.0. The van der Waals surface area contributed by atoms with Gasteiger partial charge in [0.15, 0.2) is 6.29 Å². The van der Waals surface area contributed by atoms with Gasteiger partial charge in [0.2, 0.25) is 0 Å². The molecule has 9 atom stereocenters. The van der Waals surface area contributed by atoms with E-state index in [0.29, 0.717) is 31.3 Å². The number of esters is 2. The number of rotatable bonds is 6. The fraction of sp³-hybridized carbons (Fsp3) is 0.818. The number of fused-ring (bicyclic) bond motifs is 1. The molecule has 32 heavy (non-hydrogen) atoms. The van der Waals surface area contributed by atoms with Gasteiger partial charge in [-0.15, -0.1) is 0 Å². The molecule has 0 amide bonds. The third kappa shape index (κ3) is 4.71. The van der Waals surface area contributed by atoms with Crippen molar-refractivity contribution in [2.24, 2.45) is 17.3 Å². The minimum absolute atomic E-state index is 0.00126. The van der Waals surface area contributed by atoms with E-state index in [0.717, 1.165) is 0 Å². The van der Waals surface area contributed by atoms with Gasteiger partial charge in [0.25, 0.3) is 0 Å². The lowest BCUT2D eigenvalue weighted by molar-refractivity contribution is -0.318. The summed E-state index contributed by atoms with van der Waals surface area (Å²) in [7, 11) is 2.67. The lowest BCUT2D eigenvalue weighted by Gasteiger charge is -2.43. The fourth-order valence-corrected chi connectivity index (χ4v) is 5.46. The molecule has 0 aromatic heterocycles. The van der Waals surface area contributed by atoms with Gasteiger partial charge in [-0.3, -0.25) is 4.79 Å². The topological polar surface area (TPSA) is 152 Å². The third-order valence-electron chi connectivity index (χ3n) is 7.47. The first-order valence-electron chi connectivity index (χ1n) is 11.0. The zero-order valence-corrected chi connectivity index (χ0v) is 18.7. The van der Waals surface area contributed by atoms with Crippen LogP contribution in [0.2, 0.25) is 0 Å². The van der Waals surface area contributed by atoms with E-state index in [2.05, 4.69) is 0 Å². The molecule has 0 aromatic rings. The van der Waals surface area contributed by atoms with Gasteiger partial charge >= 0.3 is 11.9 Å². The summed E-state index contributed by atoms with van der Waals surface area (Å²) in [5.41, 5.74) is 0.107. The maximum atomic E-state index is 12.1. The Labute approximate surface area is 187 Å². The number of allylic oxidation sites excluding steroid dienone is 1. The molecule has 1 saturated heterocycles. The molecule has 3 aliphatic rings. The van der Waals surface area contributed by atoms with Gasteiger partial charge in [-0.05, 0) is 42.9 Å². The highest BCUT2D eigenvalue weighted by Gasteiger charge is 2.55. The summed E-state index contributed by atoms with van der Waals surface area (Å²) in [5, 5.41) is 40.0. The molecule has 2 aliphatic carbocycles. The molecule has 2 fully saturated rings. The minimum Gasteiger partial charge on any atom is -0.469 e. The molecule has 1 aliphatic heterocycles. The Morgan fingerprint density at radius 2 is 1.88 bits per heavy atom. The molecule has 0 bridgehead atoms. The van der Waals surface area contributed by atoms with E-state index in [-0.39, 0.29) is 30.2 Å². The van der Waals surface area contributed by atoms with Crippen molar-refractivity contribution >= 4 is 11.9 Å². The molecule has 0 unspecified atom stereocenters. The van der Waals surface area contributed by atoms with Gasteiger partial charge < -0.3 is 39.4 Å². The molecule has 0 spiro atoms. The summed E-state index contributed by atoms with van der Waals surface area (Å²) >= 11 is 0. The molecule has 3 rings (SSSR count). The lowest BCUT2D eigenvalue weighted by Crippen LogP contribution is -2.60. The van der Waals surface area contributed by atoms with Crippen molar-refractivity contribution in [2.75, 3.05) is 20.8 Å². The van der Waals surface area contributed by atoms with Crippen molar-refractivity contribution in [1.29, 1.82) is 0 Å². The number of carbonyl (C=O) groups excluding carboxylic acids is 2. The van der Waals surface area contributed by atoms with Crippen LogP contribution >= 0.6 is 0 Å². The average Bonchev–Trinajstić information content (AvgIpc) is 2.91. The van der Waals surface area contributed by atoms with E-state index in [1.165, 1.54) is 14.2 Å². The van der Waals surface area contributed by atoms with Crippen LogP contribution in [-0.2, 0) is 28.5 Å². The number of methoxy groups -OCH3 is 2. The highest BCUT2D eigenvalue weighted by atomic mass is 16.7. The standard InChI is InChI=1S/C22H34O10/c1-22-7-6-11(20(28)30-3)4-5-13(22)12(9-16(24)29-2)8-15(22)32-21-19(27)18(26)17(25)14(10-23)31-21/h4,12-15,17-19,21,23,25-27H,5-10H2,1-3H3/t12-,13+,14-,15+,17-,18+,19-,21+,22-/m1/s1. The second kappa shape index (κ2) is 10.1. The number of hydrogen-bond acceptors (Lipinski definition) is 10. The quantitative estimate of drug-likeness (QED) is 0.389. The molecular formula is C22H34O10. The van der Waals surface area contributed by atoms with Crippen molar-refractivity contribution in [2.45, 2.75) is 75.8 Å². The zero-order chi connectivity index (χ0) is 23.6. The second-order valence-electron chi connectivity index (χ2n) is 9.17. The van der Waals surface area contributed by atoms with Crippen molar-refractivity contribution in [3.05, 3.63) is 11.6 Å². The molecule has 1 heterocycles. The summed E-state index contributed by atoms with van der Waals surface area (Å²) in [6.45, 7) is 1.48. The number of ether oxygens (including phenoxy) is 4. The molecule has 10 nitrogen and oxygen atoms in total. The smallest absolute Gasteiger partial charge is 0.333 e. The Morgan fingerprint density at radius 3 is 2.50 bits per heavy atom. The maximum Gasteiger partial charge on any atom is 0.333 e. The average molecular weight is 459 g/mol. The highest BCUT2D eigenvalue weighted by Crippen LogP contribution is 2.56. The molecule has 0 aromatic carbocycles. The summed E-state index contributed by atoms with van der Waals surface area (Å²) in [4.78, 5) is 24.2. The number of aliphatic hydroxyl groups excluding tert-OH is 4. The molecule has 0 radical (unpaired) electrons. The second-order valence-corrected chi connectivity index (χ2v) is 9.17. The molecule has 182 valence electrons. The van der Waals surface area contributed by atoms with Gasteiger partial charge in [0.05, 0.1) is 26.9 Å². The fourth-order valence-electron chi connectivity index (χ4n) is 5.46. The van der Waals surface area contributed by atoms with Crippen molar-refractivity contribution in [1.82, 2.24) is 0 Å². The highest BCUT2D eigenvalue weighted by molar-refractivity contribution is 5.88. The first-order chi connectivity index (χ1) is 15.2. The van der Waals surface area contributed by atoms with E-state index in [1.807, 2.05) is 13.0 Å². The van der Waals surface area contributed by atoms with Crippen LogP contribution in [-0.4, -0.2) is 90.0 Å². The number of hydrogen-bond donors (Lipinski definition) is 4. The molecule has 10 heteroatoms. The zero-order valence-electron chi connectivity index (χ0n) is 18.7. The van der Waals surface area contributed by atoms with Crippen molar-refractivity contribution < 1.29 is 49.0 Å². The number of aliphatic hydroxyl groups is 4. The monoisotopic (exact) mass is 458 g/mol. The Balaban J connectivity index is 1.84. The van der Waals surface area contributed by atoms with Crippen molar-refractivity contribution in [3.8, 4) is 0 Å². The van der Waals surface area contributed by atoms with Crippen LogP contribution in [0, 0.1) is 17.3 Å². The van der Waals surface area contributed by atoms with E-state index < -0.39 is 48.8 Å². The van der Waals surface area contributed by atoms with Crippen LogP contribution in [0.25, 0.3) is 0 Å². The predicted molar refractivity (Wildman–Crippen MR) is 109 cm³/mol. The Bertz CT molecular complexity index is 722. The van der Waals surface area contributed by atoms with Crippen LogP contribution in [0.1, 0.15) is 39.0 Å². The van der Waals surface area contributed by atoms with Gasteiger partial charge in [-0.25, -0.2) is 4.79 Å². The van der Waals surface area contributed by atoms with Crippen molar-refractivity contribution in [3.63, 3.8) is 0 Å². The lowest BCUT2D eigenvalue weighted by atomic mass is 9.72. The van der Waals surface area contributed by atoms with E-state index in [1.54, 1.807) is 0 Å². The normalized spacial score (nSPS) is 41.9. The van der Waals surface area contributed by atoms with Crippen LogP contribution in [0.3, 0.4) is 0 Å². The summed E-state index contributed by atoms with van der Waals surface area (Å²) in [6, 6.07) is 0. The van der Waals surface area contributed by atoms with Gasteiger partial charge in [-0.1, -0.05) is 13.0 Å². The SMILES string of the molecule is COC(=O)C[C@H]1C[C@H](O[C@@H]2O[C@H](CO)[C@@H](O)[C@H](O)[C@H]2O)[C@]2(C)CCC(C(=O)OC)=CC[C@@H]12. The molecule has 4 N–H and O–H groups in total. The third-order valence-corrected chi connectivity index (χ3v) is 7.47. The Hall–Kier alpha value is -1.56. The molecular weight excluding hydrogens is 424 g/mol. The Kier molecular flexibility index (Phi) is 7.95. The summed E-state index contributed by atoms with van der Waals surface area (Å²) < 4.78 is 21.5. The maximum absolute atomic E-state index is 12.1. The van der Waals surface area contributed by atoms with Crippen LogP contribution in [0.15, 0.2) is 11.6 Å². The van der Waals surface area contributed by atoms with Gasteiger partial charge in [0.1, 0.15) is 24.4 Å². The largest absolute Gasteiger partial charge is 0.469 e. The summed E-state index contributed by atoms with van der Waals surface area (Å²) in [5.74, 6) is -0.814. The van der Waals surface area contributed by atoms with Crippen LogP contribution < -0.4 is 0 Å². The molecule has 1 saturated carbocycles. The van der Waals surface area contributed by atoms with E-state index in [9.17, 15) is 30.0 Å². The minimum atomic E-state index is -1.54. The Morgan fingerprint density at radius 1 is 1.16 bits per heavy atom. The first kappa shape index (κ1) is 25.1. The summed E-state index contributed by atoms with van der Waals surface area (Å²) in [6.07, 6.45) is -3.17. The van der Waals surface area contributed by atoms with Gasteiger partial charge in [-0.2, -0.15) is 0 Å². The van der Waals surface area contributed by atoms with Gasteiger partial charge in [0, 0.05) is 12.0 Å². The van der Waals surface area contributed by atoms with E-state index >= 15 is 0 Å². The number of carbonyl (C=O) groups is 2. The predicted octanol–water partition coefficient (Wildman–Crippen LogP) is -0.340. The van der Waals surface area contributed by atoms with Crippen LogP contribution in [0.4, 0.5) is 0 Å². The van der Waals surface area contributed by atoms with Crippen LogP contribution in [0.5, 0.6) is 0 Å². The van der Waals surface area contributed by atoms with E-state index in [4.69, 9.17) is 18.9 Å².